The van der Waals surface area contributed by atoms with Gasteiger partial charge >= 0.3 is 0 Å². The van der Waals surface area contributed by atoms with Crippen LogP contribution in [0.5, 0.6) is 0 Å². The molecule has 2 aliphatic rings. The molecule has 0 aromatic carbocycles. The second kappa shape index (κ2) is 5.83. The standard InChI is InChI=1S/C13H24N2O2/c1-3-14-11-6-8-15(9-7-11)13(16)12-5-4-10(2)17-12/h10-12,14H,3-9H2,1-2H3. The minimum atomic E-state index is -0.166. The average molecular weight is 240 g/mol. The quantitative estimate of drug-likeness (QED) is 0.804. The maximum Gasteiger partial charge on any atom is 0.251 e. The Morgan fingerprint density at radius 2 is 2.00 bits per heavy atom. The first kappa shape index (κ1) is 12.8. The number of piperidine rings is 1. The van der Waals surface area contributed by atoms with Crippen molar-refractivity contribution in [2.45, 2.75) is 57.8 Å². The molecule has 98 valence electrons. The van der Waals surface area contributed by atoms with Gasteiger partial charge in [-0.05, 0) is 39.2 Å². The lowest BCUT2D eigenvalue weighted by molar-refractivity contribution is -0.143. The van der Waals surface area contributed by atoms with Gasteiger partial charge in [-0.25, -0.2) is 0 Å². The Morgan fingerprint density at radius 3 is 2.53 bits per heavy atom. The van der Waals surface area contributed by atoms with Crippen molar-refractivity contribution in [1.82, 2.24) is 10.2 Å². The largest absolute Gasteiger partial charge is 0.365 e. The summed E-state index contributed by atoms with van der Waals surface area (Å²) in [4.78, 5) is 14.2. The molecule has 0 radical (unpaired) electrons. The van der Waals surface area contributed by atoms with Crippen LogP contribution < -0.4 is 5.32 Å². The third kappa shape index (κ3) is 3.19. The molecular weight excluding hydrogens is 216 g/mol. The fraction of sp³-hybridized carbons (Fsp3) is 0.923. The van der Waals surface area contributed by atoms with Gasteiger partial charge in [0.15, 0.2) is 0 Å². The summed E-state index contributed by atoms with van der Waals surface area (Å²) in [6.07, 6.45) is 4.14. The molecule has 2 atom stereocenters. The molecule has 0 aromatic rings. The van der Waals surface area contributed by atoms with Crippen molar-refractivity contribution in [2.75, 3.05) is 19.6 Å². The first-order valence-corrected chi connectivity index (χ1v) is 6.88. The minimum absolute atomic E-state index is 0.166. The first-order chi connectivity index (χ1) is 8.20. The minimum Gasteiger partial charge on any atom is -0.365 e. The number of amides is 1. The van der Waals surface area contributed by atoms with Crippen LogP contribution in [0.2, 0.25) is 0 Å². The number of hydrogen-bond acceptors (Lipinski definition) is 3. The lowest BCUT2D eigenvalue weighted by Crippen LogP contribution is -2.48. The molecule has 1 N–H and O–H groups in total. The summed E-state index contributed by atoms with van der Waals surface area (Å²) in [7, 11) is 0. The topological polar surface area (TPSA) is 41.6 Å². The van der Waals surface area contributed by atoms with Crippen molar-refractivity contribution in [3.8, 4) is 0 Å². The van der Waals surface area contributed by atoms with Gasteiger partial charge < -0.3 is 15.0 Å². The van der Waals surface area contributed by atoms with Crippen LogP contribution in [0, 0.1) is 0 Å². The van der Waals surface area contributed by atoms with E-state index < -0.39 is 0 Å². The number of nitrogens with zero attached hydrogens (tertiary/aromatic N) is 1. The van der Waals surface area contributed by atoms with Crippen LogP contribution in [0.1, 0.15) is 39.5 Å². The van der Waals surface area contributed by atoms with Gasteiger partial charge in [-0.2, -0.15) is 0 Å². The third-order valence-electron chi connectivity index (χ3n) is 3.81. The molecule has 0 bridgehead atoms. The summed E-state index contributed by atoms with van der Waals surface area (Å²) in [5.74, 6) is 0.212. The highest BCUT2D eigenvalue weighted by Crippen LogP contribution is 2.22. The molecule has 17 heavy (non-hydrogen) atoms. The molecule has 4 heteroatoms. The second-order valence-electron chi connectivity index (χ2n) is 5.17. The number of nitrogens with one attached hydrogen (secondary N) is 1. The van der Waals surface area contributed by atoms with E-state index in [9.17, 15) is 4.79 Å². The molecule has 0 aromatic heterocycles. The van der Waals surface area contributed by atoms with Crippen LogP contribution in [-0.2, 0) is 9.53 Å². The van der Waals surface area contributed by atoms with E-state index in [1.807, 2.05) is 11.8 Å². The summed E-state index contributed by atoms with van der Waals surface area (Å²) in [5.41, 5.74) is 0. The molecule has 4 nitrogen and oxygen atoms in total. The molecule has 2 saturated heterocycles. The van der Waals surface area contributed by atoms with Crippen LogP contribution in [0.3, 0.4) is 0 Å². The van der Waals surface area contributed by atoms with E-state index in [4.69, 9.17) is 4.74 Å². The summed E-state index contributed by atoms with van der Waals surface area (Å²) in [5, 5.41) is 3.45. The molecule has 1 amide bonds. The van der Waals surface area contributed by atoms with E-state index in [1.54, 1.807) is 0 Å². The second-order valence-corrected chi connectivity index (χ2v) is 5.17. The van der Waals surface area contributed by atoms with Gasteiger partial charge in [0.25, 0.3) is 5.91 Å². The summed E-state index contributed by atoms with van der Waals surface area (Å²) in [6.45, 7) is 6.95. The Morgan fingerprint density at radius 1 is 1.29 bits per heavy atom. The number of carbonyl (C=O) groups is 1. The average Bonchev–Trinajstić information content (AvgIpc) is 2.76. The summed E-state index contributed by atoms with van der Waals surface area (Å²) in [6, 6.07) is 0.590. The van der Waals surface area contributed by atoms with Crippen molar-refractivity contribution >= 4 is 5.91 Å². The van der Waals surface area contributed by atoms with Crippen LogP contribution in [0.15, 0.2) is 0 Å². The lowest BCUT2D eigenvalue weighted by atomic mass is 10.0. The molecule has 0 spiro atoms. The van der Waals surface area contributed by atoms with Crippen molar-refractivity contribution < 1.29 is 9.53 Å². The highest BCUT2D eigenvalue weighted by atomic mass is 16.5. The monoisotopic (exact) mass is 240 g/mol. The first-order valence-electron chi connectivity index (χ1n) is 6.88. The van der Waals surface area contributed by atoms with Crippen LogP contribution in [0.25, 0.3) is 0 Å². The maximum absolute atomic E-state index is 12.2. The Bertz CT molecular complexity index is 262. The number of hydrogen-bond donors (Lipinski definition) is 1. The zero-order valence-corrected chi connectivity index (χ0v) is 10.9. The van der Waals surface area contributed by atoms with E-state index in [0.29, 0.717) is 6.04 Å². The maximum atomic E-state index is 12.2. The Kier molecular flexibility index (Phi) is 4.40. The van der Waals surface area contributed by atoms with Crippen molar-refractivity contribution in [2.24, 2.45) is 0 Å². The van der Waals surface area contributed by atoms with Crippen LogP contribution in [0.4, 0.5) is 0 Å². The molecule has 2 heterocycles. The summed E-state index contributed by atoms with van der Waals surface area (Å²) < 4.78 is 5.64. The van der Waals surface area contributed by atoms with Gasteiger partial charge in [0, 0.05) is 19.1 Å². The predicted octanol–water partition coefficient (Wildman–Crippen LogP) is 1.15. The fourth-order valence-electron chi connectivity index (χ4n) is 2.78. The molecule has 2 unspecified atom stereocenters. The highest BCUT2D eigenvalue weighted by Gasteiger charge is 2.33. The number of likely N-dealkylation sites (tertiary alicyclic amines) is 1. The van der Waals surface area contributed by atoms with E-state index >= 15 is 0 Å². The number of rotatable bonds is 3. The van der Waals surface area contributed by atoms with E-state index in [1.165, 1.54) is 0 Å². The molecule has 2 rings (SSSR count). The Balaban J connectivity index is 1.78. The molecular formula is C13H24N2O2. The zero-order valence-electron chi connectivity index (χ0n) is 10.9. The normalized spacial score (nSPS) is 30.8. The van der Waals surface area contributed by atoms with Gasteiger partial charge in [-0.1, -0.05) is 6.92 Å². The van der Waals surface area contributed by atoms with Gasteiger partial charge in [0.05, 0.1) is 6.10 Å². The van der Waals surface area contributed by atoms with Gasteiger partial charge in [-0.15, -0.1) is 0 Å². The number of carbonyl (C=O) groups excluding carboxylic acids is 1. The van der Waals surface area contributed by atoms with Crippen molar-refractivity contribution in [3.63, 3.8) is 0 Å². The molecule has 2 aliphatic heterocycles. The predicted molar refractivity (Wildman–Crippen MR) is 66.8 cm³/mol. The van der Waals surface area contributed by atoms with Crippen molar-refractivity contribution in [1.29, 1.82) is 0 Å². The smallest absolute Gasteiger partial charge is 0.251 e. The molecule has 0 aliphatic carbocycles. The fourth-order valence-corrected chi connectivity index (χ4v) is 2.78. The van der Waals surface area contributed by atoms with E-state index in [-0.39, 0.29) is 18.1 Å². The zero-order chi connectivity index (χ0) is 12.3. The third-order valence-corrected chi connectivity index (χ3v) is 3.81. The van der Waals surface area contributed by atoms with E-state index in [0.717, 1.165) is 45.3 Å². The van der Waals surface area contributed by atoms with E-state index in [2.05, 4.69) is 12.2 Å². The highest BCUT2D eigenvalue weighted by molar-refractivity contribution is 5.81. The lowest BCUT2D eigenvalue weighted by Gasteiger charge is -2.33. The van der Waals surface area contributed by atoms with Gasteiger partial charge in [-0.3, -0.25) is 4.79 Å². The SMILES string of the molecule is CCNC1CCN(C(=O)C2CCC(C)O2)CC1. The summed E-state index contributed by atoms with van der Waals surface area (Å²) >= 11 is 0. The van der Waals surface area contributed by atoms with Crippen LogP contribution in [-0.4, -0.2) is 48.7 Å². The Labute approximate surface area is 104 Å². The molecule has 0 saturated carbocycles. The van der Waals surface area contributed by atoms with Crippen molar-refractivity contribution in [3.05, 3.63) is 0 Å². The molecule has 2 fully saturated rings. The number of ether oxygens (including phenoxy) is 1. The van der Waals surface area contributed by atoms with Crippen LogP contribution >= 0.6 is 0 Å². The van der Waals surface area contributed by atoms with Gasteiger partial charge in [0.2, 0.25) is 0 Å². The Hall–Kier alpha value is -0.610. The van der Waals surface area contributed by atoms with Gasteiger partial charge in [0.1, 0.15) is 6.10 Å².